The maximum absolute atomic E-state index is 12.7. The number of anilines is 2. The lowest BCUT2D eigenvalue weighted by molar-refractivity contribution is 0.0974. The van der Waals surface area contributed by atoms with Gasteiger partial charge < -0.3 is 15.0 Å². The lowest BCUT2D eigenvalue weighted by atomic mass is 10.1. The molecule has 1 fully saturated rings. The van der Waals surface area contributed by atoms with Crippen molar-refractivity contribution in [3.8, 4) is 5.75 Å². The molecule has 1 aliphatic rings. The molecule has 35 heavy (non-hydrogen) atoms. The number of carbonyl (C=O) groups excluding carboxylic acids is 1. The van der Waals surface area contributed by atoms with Gasteiger partial charge in [0, 0.05) is 49.1 Å². The third-order valence-electron chi connectivity index (χ3n) is 6.10. The lowest BCUT2D eigenvalue weighted by Crippen LogP contribution is -2.46. The third-order valence-corrected chi connectivity index (χ3v) is 6.67. The summed E-state index contributed by atoms with van der Waals surface area (Å²) in [6, 6.07) is 21.5. The van der Waals surface area contributed by atoms with Gasteiger partial charge in [0.1, 0.15) is 5.75 Å². The number of nitrogens with one attached hydrogen (secondary N) is 2. The van der Waals surface area contributed by atoms with Gasteiger partial charge in [0.25, 0.3) is 5.91 Å². The lowest BCUT2D eigenvalue weighted by Gasteiger charge is -2.36. The predicted molar refractivity (Wildman–Crippen MR) is 147 cm³/mol. The highest BCUT2D eigenvalue weighted by Gasteiger charge is 2.18. The van der Waals surface area contributed by atoms with Crippen molar-refractivity contribution in [2.24, 2.45) is 0 Å². The highest BCUT2D eigenvalue weighted by Crippen LogP contribution is 2.24. The summed E-state index contributed by atoms with van der Waals surface area (Å²) in [5.41, 5.74) is 4.47. The average molecular weight is 509 g/mol. The molecule has 0 spiro atoms. The molecular weight excluding hydrogens is 480 g/mol. The van der Waals surface area contributed by atoms with Crippen molar-refractivity contribution in [1.82, 2.24) is 10.2 Å². The number of nitrogens with zero attached hydrogens (tertiary/aromatic N) is 2. The van der Waals surface area contributed by atoms with Crippen LogP contribution >= 0.6 is 23.8 Å². The molecule has 0 radical (unpaired) electrons. The van der Waals surface area contributed by atoms with E-state index in [2.05, 4.69) is 38.6 Å². The minimum absolute atomic E-state index is 0.236. The van der Waals surface area contributed by atoms with Gasteiger partial charge in [-0.3, -0.25) is 15.0 Å². The van der Waals surface area contributed by atoms with Crippen LogP contribution in [0.15, 0.2) is 66.7 Å². The van der Waals surface area contributed by atoms with Crippen LogP contribution in [0.4, 0.5) is 11.4 Å². The number of ether oxygens (including phenoxy) is 1. The molecule has 1 heterocycles. The Bertz CT molecular complexity index is 1190. The summed E-state index contributed by atoms with van der Waals surface area (Å²) in [5, 5.41) is 6.87. The first-order chi connectivity index (χ1) is 16.9. The van der Waals surface area contributed by atoms with Crippen LogP contribution in [-0.4, -0.2) is 49.2 Å². The molecule has 1 saturated heterocycles. The molecule has 0 aromatic heterocycles. The standard InChI is InChI=1S/C27H29ClN4O2S/c1-19-6-5-8-23(25(19)34-2)26(33)30-27(35)29-21-10-12-22(13-11-21)32-16-14-31(15-17-32)18-20-7-3-4-9-24(20)28/h3-13H,14-18H2,1-2H3,(H2,29,30,33,35). The smallest absolute Gasteiger partial charge is 0.261 e. The normalized spacial score (nSPS) is 13.9. The van der Waals surface area contributed by atoms with Crippen molar-refractivity contribution < 1.29 is 9.53 Å². The Kier molecular flexibility index (Phi) is 8.23. The Morgan fingerprint density at radius 2 is 1.71 bits per heavy atom. The van der Waals surface area contributed by atoms with E-state index in [0.717, 1.165) is 54.7 Å². The van der Waals surface area contributed by atoms with E-state index < -0.39 is 0 Å². The minimum atomic E-state index is -0.311. The molecule has 1 amide bonds. The van der Waals surface area contributed by atoms with Crippen LogP contribution in [0.5, 0.6) is 5.75 Å². The summed E-state index contributed by atoms with van der Waals surface area (Å²) in [4.78, 5) is 17.5. The fourth-order valence-electron chi connectivity index (χ4n) is 4.22. The molecule has 0 atom stereocenters. The van der Waals surface area contributed by atoms with E-state index in [9.17, 15) is 4.79 Å². The van der Waals surface area contributed by atoms with Crippen molar-refractivity contribution in [1.29, 1.82) is 0 Å². The van der Waals surface area contributed by atoms with Gasteiger partial charge in [0.05, 0.1) is 12.7 Å². The quantitative estimate of drug-likeness (QED) is 0.451. The summed E-state index contributed by atoms with van der Waals surface area (Å²) >= 11 is 11.7. The summed E-state index contributed by atoms with van der Waals surface area (Å²) in [6.07, 6.45) is 0. The van der Waals surface area contributed by atoms with Crippen molar-refractivity contribution in [3.05, 3.63) is 88.4 Å². The zero-order valence-corrected chi connectivity index (χ0v) is 21.5. The van der Waals surface area contributed by atoms with E-state index in [0.29, 0.717) is 11.3 Å². The van der Waals surface area contributed by atoms with Gasteiger partial charge in [-0.15, -0.1) is 0 Å². The highest BCUT2D eigenvalue weighted by molar-refractivity contribution is 7.80. The molecule has 0 bridgehead atoms. The molecular formula is C27H29ClN4O2S. The number of hydrogen-bond acceptors (Lipinski definition) is 5. The zero-order chi connectivity index (χ0) is 24.8. The van der Waals surface area contributed by atoms with Crippen LogP contribution in [-0.2, 0) is 6.54 Å². The number of thiocarbonyl (C=S) groups is 1. The second-order valence-corrected chi connectivity index (χ2v) is 9.28. The molecule has 1 aliphatic heterocycles. The van der Waals surface area contributed by atoms with Crippen molar-refractivity contribution in [3.63, 3.8) is 0 Å². The van der Waals surface area contributed by atoms with Crippen LogP contribution in [0.1, 0.15) is 21.5 Å². The van der Waals surface area contributed by atoms with Gasteiger partial charge in [0.2, 0.25) is 0 Å². The number of halogens is 1. The first-order valence-electron chi connectivity index (χ1n) is 11.5. The van der Waals surface area contributed by atoms with Crippen LogP contribution in [0.3, 0.4) is 0 Å². The molecule has 0 saturated carbocycles. The molecule has 3 aromatic rings. The van der Waals surface area contributed by atoms with E-state index >= 15 is 0 Å². The Morgan fingerprint density at radius 1 is 1.00 bits per heavy atom. The van der Waals surface area contributed by atoms with Crippen molar-refractivity contribution in [2.45, 2.75) is 13.5 Å². The van der Waals surface area contributed by atoms with E-state index in [4.69, 9.17) is 28.6 Å². The van der Waals surface area contributed by atoms with Crippen LogP contribution < -0.4 is 20.3 Å². The van der Waals surface area contributed by atoms with Gasteiger partial charge in [-0.05, 0) is 66.7 Å². The van der Waals surface area contributed by atoms with E-state index in [1.165, 1.54) is 5.56 Å². The second-order valence-electron chi connectivity index (χ2n) is 8.47. The summed E-state index contributed by atoms with van der Waals surface area (Å²) in [6.45, 7) is 6.61. The summed E-state index contributed by atoms with van der Waals surface area (Å²) in [7, 11) is 1.55. The van der Waals surface area contributed by atoms with Crippen LogP contribution in [0, 0.1) is 6.92 Å². The van der Waals surface area contributed by atoms with E-state index in [-0.39, 0.29) is 11.0 Å². The highest BCUT2D eigenvalue weighted by atomic mass is 35.5. The molecule has 0 aliphatic carbocycles. The van der Waals surface area contributed by atoms with Gasteiger partial charge in [-0.1, -0.05) is 41.9 Å². The molecule has 4 rings (SSSR count). The van der Waals surface area contributed by atoms with E-state index in [1.807, 2.05) is 49.4 Å². The predicted octanol–water partition coefficient (Wildman–Crippen LogP) is 5.11. The Labute approximate surface area is 216 Å². The number of para-hydroxylation sites is 1. The van der Waals surface area contributed by atoms with Crippen molar-refractivity contribution >= 4 is 46.2 Å². The molecule has 2 N–H and O–H groups in total. The number of rotatable bonds is 6. The van der Waals surface area contributed by atoms with Crippen LogP contribution in [0.25, 0.3) is 0 Å². The summed E-state index contributed by atoms with van der Waals surface area (Å²) < 4.78 is 5.37. The number of piperazine rings is 1. The minimum Gasteiger partial charge on any atom is -0.496 e. The molecule has 0 unspecified atom stereocenters. The number of aryl methyl sites for hydroxylation is 1. The molecule has 3 aromatic carbocycles. The second kappa shape index (κ2) is 11.5. The summed E-state index contributed by atoms with van der Waals surface area (Å²) in [5.74, 6) is 0.235. The number of carbonyl (C=O) groups is 1. The van der Waals surface area contributed by atoms with Gasteiger partial charge in [0.15, 0.2) is 5.11 Å². The first-order valence-corrected chi connectivity index (χ1v) is 12.3. The van der Waals surface area contributed by atoms with Crippen molar-refractivity contribution in [2.75, 3.05) is 43.5 Å². The topological polar surface area (TPSA) is 56.8 Å². The fourth-order valence-corrected chi connectivity index (χ4v) is 4.63. The van der Waals surface area contributed by atoms with Gasteiger partial charge in [-0.25, -0.2) is 0 Å². The van der Waals surface area contributed by atoms with Gasteiger partial charge >= 0.3 is 0 Å². The zero-order valence-electron chi connectivity index (χ0n) is 19.9. The van der Waals surface area contributed by atoms with E-state index in [1.54, 1.807) is 13.2 Å². The maximum atomic E-state index is 12.7. The Balaban J connectivity index is 1.28. The molecule has 8 heteroatoms. The third kappa shape index (κ3) is 6.31. The SMILES string of the molecule is COc1c(C)cccc1C(=O)NC(=S)Nc1ccc(N2CCN(Cc3ccccc3Cl)CC2)cc1. The Hall–Kier alpha value is -3.13. The number of benzene rings is 3. The van der Waals surface area contributed by atoms with Gasteiger partial charge in [-0.2, -0.15) is 0 Å². The molecule has 6 nitrogen and oxygen atoms in total. The number of hydrogen-bond donors (Lipinski definition) is 2. The Morgan fingerprint density at radius 3 is 2.40 bits per heavy atom. The largest absolute Gasteiger partial charge is 0.496 e. The first kappa shape index (κ1) is 25.0. The van der Waals surface area contributed by atoms with Crippen LogP contribution in [0.2, 0.25) is 5.02 Å². The number of methoxy groups -OCH3 is 1. The maximum Gasteiger partial charge on any atom is 0.261 e. The molecule has 182 valence electrons. The fraction of sp³-hybridized carbons (Fsp3) is 0.259. The average Bonchev–Trinajstić information content (AvgIpc) is 2.86. The monoisotopic (exact) mass is 508 g/mol. The number of amides is 1.